The van der Waals surface area contributed by atoms with Crippen LogP contribution in [0.1, 0.15) is 26.3 Å². The molecule has 0 spiro atoms. The minimum absolute atomic E-state index is 0.0220. The minimum Gasteiger partial charge on any atom is -0.484 e. The van der Waals surface area contributed by atoms with Crippen molar-refractivity contribution in [1.82, 2.24) is 4.90 Å². The number of rotatable bonds is 4. The van der Waals surface area contributed by atoms with Crippen molar-refractivity contribution in [2.75, 3.05) is 37.7 Å². The van der Waals surface area contributed by atoms with E-state index < -0.39 is 0 Å². The molecular weight excluding hydrogens is 360 g/mol. The van der Waals surface area contributed by atoms with Crippen LogP contribution in [0.4, 0.5) is 5.69 Å². The molecule has 2 aromatic rings. The molecule has 1 amide bonds. The smallest absolute Gasteiger partial charge is 0.260 e. The van der Waals surface area contributed by atoms with E-state index in [1.807, 2.05) is 4.90 Å². The zero-order valence-electron chi connectivity index (χ0n) is 16.2. The third-order valence-electron chi connectivity index (χ3n) is 4.86. The highest BCUT2D eigenvalue weighted by molar-refractivity contribution is 6.30. The van der Waals surface area contributed by atoms with Crippen LogP contribution >= 0.6 is 11.6 Å². The summed E-state index contributed by atoms with van der Waals surface area (Å²) in [6.45, 7) is 9.85. The zero-order chi connectivity index (χ0) is 19.4. The average molecular weight is 387 g/mol. The van der Waals surface area contributed by atoms with Gasteiger partial charge >= 0.3 is 0 Å². The molecule has 0 aliphatic carbocycles. The Morgan fingerprint density at radius 3 is 2.26 bits per heavy atom. The predicted octanol–water partition coefficient (Wildman–Crippen LogP) is 4.37. The summed E-state index contributed by atoms with van der Waals surface area (Å²) in [7, 11) is 0. The Morgan fingerprint density at radius 1 is 1.00 bits per heavy atom. The van der Waals surface area contributed by atoms with E-state index in [2.05, 4.69) is 49.9 Å². The number of carbonyl (C=O) groups is 1. The molecule has 4 nitrogen and oxygen atoms in total. The van der Waals surface area contributed by atoms with Gasteiger partial charge in [-0.1, -0.05) is 50.6 Å². The number of carbonyl (C=O) groups excluding carboxylic acids is 1. The van der Waals surface area contributed by atoms with Crippen molar-refractivity contribution < 1.29 is 9.53 Å². The molecule has 1 heterocycles. The summed E-state index contributed by atoms with van der Waals surface area (Å²) in [5.74, 6) is 0.680. The molecule has 0 atom stereocenters. The van der Waals surface area contributed by atoms with E-state index in [4.69, 9.17) is 16.3 Å². The van der Waals surface area contributed by atoms with Crippen LogP contribution in [-0.4, -0.2) is 43.6 Å². The van der Waals surface area contributed by atoms with Crippen molar-refractivity contribution in [1.29, 1.82) is 0 Å². The monoisotopic (exact) mass is 386 g/mol. The molecule has 1 aliphatic heterocycles. The number of ether oxygens (including phenoxy) is 1. The average Bonchev–Trinajstić information content (AvgIpc) is 2.67. The number of piperazine rings is 1. The van der Waals surface area contributed by atoms with Crippen LogP contribution in [0.25, 0.3) is 0 Å². The third-order valence-corrected chi connectivity index (χ3v) is 5.11. The van der Waals surface area contributed by atoms with Gasteiger partial charge in [-0.05, 0) is 41.3 Å². The lowest BCUT2D eigenvalue weighted by molar-refractivity contribution is -0.133. The van der Waals surface area contributed by atoms with Crippen LogP contribution in [0.3, 0.4) is 0 Å². The molecular formula is C22H27ClN2O2. The second kappa shape index (κ2) is 8.22. The van der Waals surface area contributed by atoms with E-state index in [-0.39, 0.29) is 17.9 Å². The van der Waals surface area contributed by atoms with Crippen LogP contribution in [0.15, 0.2) is 48.5 Å². The molecule has 0 aromatic heterocycles. The van der Waals surface area contributed by atoms with E-state index in [0.29, 0.717) is 23.9 Å². The number of para-hydroxylation sites is 1. The molecule has 1 saturated heterocycles. The molecule has 0 N–H and O–H groups in total. The van der Waals surface area contributed by atoms with Gasteiger partial charge in [-0.25, -0.2) is 0 Å². The summed E-state index contributed by atoms with van der Waals surface area (Å²) in [6, 6.07) is 15.6. The number of nitrogens with zero attached hydrogens (tertiary/aromatic N) is 2. The van der Waals surface area contributed by atoms with Crippen LogP contribution in [0, 0.1) is 0 Å². The SMILES string of the molecule is CC(C)(C)c1ccccc1N1CCN(C(=O)COc2ccc(Cl)cc2)CC1. The fourth-order valence-electron chi connectivity index (χ4n) is 3.35. The van der Waals surface area contributed by atoms with Crippen molar-refractivity contribution in [3.05, 3.63) is 59.1 Å². The molecule has 3 rings (SSSR count). The van der Waals surface area contributed by atoms with E-state index in [1.165, 1.54) is 11.3 Å². The molecule has 1 aliphatic rings. The Balaban J connectivity index is 1.56. The van der Waals surface area contributed by atoms with Gasteiger partial charge in [0.1, 0.15) is 5.75 Å². The Bertz CT molecular complexity index is 776. The van der Waals surface area contributed by atoms with Crippen LogP contribution in [-0.2, 0) is 10.2 Å². The first kappa shape index (κ1) is 19.6. The number of halogens is 1. The van der Waals surface area contributed by atoms with Crippen molar-refractivity contribution in [3.8, 4) is 5.75 Å². The highest BCUT2D eigenvalue weighted by Crippen LogP contribution is 2.32. The topological polar surface area (TPSA) is 32.8 Å². The summed E-state index contributed by atoms with van der Waals surface area (Å²) in [5.41, 5.74) is 2.71. The van der Waals surface area contributed by atoms with Gasteiger partial charge in [-0.15, -0.1) is 0 Å². The molecule has 27 heavy (non-hydrogen) atoms. The lowest BCUT2D eigenvalue weighted by Gasteiger charge is -2.38. The summed E-state index contributed by atoms with van der Waals surface area (Å²) in [5, 5.41) is 0.653. The maximum absolute atomic E-state index is 12.5. The normalized spacial score (nSPS) is 15.0. The second-order valence-electron chi connectivity index (χ2n) is 7.88. The van der Waals surface area contributed by atoms with Gasteiger partial charge in [0.2, 0.25) is 0 Å². The molecule has 5 heteroatoms. The number of hydrogen-bond acceptors (Lipinski definition) is 3. The minimum atomic E-state index is 0.0220. The lowest BCUT2D eigenvalue weighted by Crippen LogP contribution is -2.50. The molecule has 0 saturated carbocycles. The number of hydrogen-bond donors (Lipinski definition) is 0. The predicted molar refractivity (Wildman–Crippen MR) is 111 cm³/mol. The Morgan fingerprint density at radius 2 is 1.63 bits per heavy atom. The largest absolute Gasteiger partial charge is 0.484 e. The number of benzene rings is 2. The van der Waals surface area contributed by atoms with E-state index in [1.54, 1.807) is 24.3 Å². The number of amides is 1. The second-order valence-corrected chi connectivity index (χ2v) is 8.31. The summed E-state index contributed by atoms with van der Waals surface area (Å²) >= 11 is 5.86. The molecule has 0 radical (unpaired) electrons. The van der Waals surface area contributed by atoms with Gasteiger partial charge in [0.15, 0.2) is 6.61 Å². The summed E-state index contributed by atoms with van der Waals surface area (Å²) in [4.78, 5) is 16.7. The quantitative estimate of drug-likeness (QED) is 0.782. The van der Waals surface area contributed by atoms with Gasteiger partial charge in [-0.3, -0.25) is 4.79 Å². The van der Waals surface area contributed by atoms with Crippen molar-refractivity contribution in [2.45, 2.75) is 26.2 Å². The van der Waals surface area contributed by atoms with E-state index in [0.717, 1.165) is 13.1 Å². The van der Waals surface area contributed by atoms with Crippen LogP contribution in [0.5, 0.6) is 5.75 Å². The first-order valence-corrected chi connectivity index (χ1v) is 9.73. The van der Waals surface area contributed by atoms with Crippen molar-refractivity contribution in [3.63, 3.8) is 0 Å². The fourth-order valence-corrected chi connectivity index (χ4v) is 3.47. The Kier molecular flexibility index (Phi) is 5.95. The van der Waals surface area contributed by atoms with Gasteiger partial charge in [0, 0.05) is 36.9 Å². The van der Waals surface area contributed by atoms with Crippen LogP contribution in [0.2, 0.25) is 5.02 Å². The first-order chi connectivity index (χ1) is 12.8. The van der Waals surface area contributed by atoms with Gasteiger partial charge in [0.25, 0.3) is 5.91 Å². The highest BCUT2D eigenvalue weighted by Gasteiger charge is 2.25. The van der Waals surface area contributed by atoms with E-state index >= 15 is 0 Å². The van der Waals surface area contributed by atoms with Crippen molar-refractivity contribution in [2.24, 2.45) is 0 Å². The maximum atomic E-state index is 12.5. The maximum Gasteiger partial charge on any atom is 0.260 e. The number of anilines is 1. The standard InChI is InChI=1S/C22H27ClN2O2/c1-22(2,3)19-6-4-5-7-20(19)24-12-14-25(15-13-24)21(26)16-27-18-10-8-17(23)9-11-18/h4-11H,12-16H2,1-3H3. The molecule has 144 valence electrons. The lowest BCUT2D eigenvalue weighted by atomic mass is 9.85. The first-order valence-electron chi connectivity index (χ1n) is 9.35. The molecule has 1 fully saturated rings. The summed E-state index contributed by atoms with van der Waals surface area (Å²) < 4.78 is 5.59. The third kappa shape index (κ3) is 4.95. The Hall–Kier alpha value is -2.20. The highest BCUT2D eigenvalue weighted by atomic mass is 35.5. The molecule has 2 aromatic carbocycles. The zero-order valence-corrected chi connectivity index (χ0v) is 17.0. The Labute approximate surface area is 166 Å². The fraction of sp³-hybridized carbons (Fsp3) is 0.409. The van der Waals surface area contributed by atoms with E-state index in [9.17, 15) is 4.79 Å². The molecule has 0 unspecified atom stereocenters. The van der Waals surface area contributed by atoms with Gasteiger partial charge in [0.05, 0.1) is 0 Å². The van der Waals surface area contributed by atoms with Crippen LogP contribution < -0.4 is 9.64 Å². The van der Waals surface area contributed by atoms with Gasteiger partial charge < -0.3 is 14.5 Å². The summed E-state index contributed by atoms with van der Waals surface area (Å²) in [6.07, 6.45) is 0. The van der Waals surface area contributed by atoms with Crippen molar-refractivity contribution >= 4 is 23.2 Å². The molecule has 0 bridgehead atoms. The van der Waals surface area contributed by atoms with Gasteiger partial charge in [-0.2, -0.15) is 0 Å².